The Bertz CT molecular complexity index is 964. The van der Waals surface area contributed by atoms with E-state index in [1.165, 1.54) is 11.8 Å². The summed E-state index contributed by atoms with van der Waals surface area (Å²) in [4.78, 5) is 36.2. The lowest BCUT2D eigenvalue weighted by Gasteiger charge is -2.46. The maximum atomic E-state index is 13.4. The van der Waals surface area contributed by atoms with Gasteiger partial charge in [0, 0.05) is 28.2 Å². The smallest absolute Gasteiger partial charge is 0.237 e. The number of Topliss-reactive ketones (excluding diaryl/α,β-unsaturated/α-hetero) is 1. The standard InChI is InChI=1S/C23H29N3O2S/c1-13-8-19-14(2)11-23(6,7)26(20(19)10-18(13)17(5)27)21(28)12-29-22-24-15(3)9-16(4)25-22/h8-10,14H,11-12H2,1-7H3. The van der Waals surface area contributed by atoms with E-state index in [4.69, 9.17) is 0 Å². The molecule has 0 saturated heterocycles. The number of rotatable bonds is 4. The Morgan fingerprint density at radius 2 is 1.76 bits per heavy atom. The molecule has 1 atom stereocenters. The van der Waals surface area contributed by atoms with Crippen molar-refractivity contribution in [2.24, 2.45) is 0 Å². The maximum Gasteiger partial charge on any atom is 0.237 e. The Morgan fingerprint density at radius 3 is 2.34 bits per heavy atom. The maximum absolute atomic E-state index is 13.4. The average molecular weight is 412 g/mol. The molecule has 0 N–H and O–H groups in total. The lowest BCUT2D eigenvalue weighted by Crippen LogP contribution is -2.52. The first kappa shape index (κ1) is 21.5. The van der Waals surface area contributed by atoms with Crippen LogP contribution in [0.1, 0.15) is 72.9 Å². The van der Waals surface area contributed by atoms with E-state index in [1.807, 2.05) is 37.8 Å². The van der Waals surface area contributed by atoms with Gasteiger partial charge < -0.3 is 4.90 Å². The fraction of sp³-hybridized carbons (Fsp3) is 0.478. The van der Waals surface area contributed by atoms with E-state index >= 15 is 0 Å². The second kappa shape index (κ2) is 7.90. The van der Waals surface area contributed by atoms with Gasteiger partial charge in [-0.2, -0.15) is 0 Å². The molecule has 1 aliphatic rings. The number of ketones is 1. The van der Waals surface area contributed by atoms with Crippen LogP contribution in [-0.2, 0) is 4.79 Å². The highest BCUT2D eigenvalue weighted by Crippen LogP contribution is 2.44. The Labute approximate surface area is 177 Å². The lowest BCUT2D eigenvalue weighted by atomic mass is 9.78. The summed E-state index contributed by atoms with van der Waals surface area (Å²) in [6, 6.07) is 5.90. The van der Waals surface area contributed by atoms with Crippen molar-refractivity contribution in [1.82, 2.24) is 9.97 Å². The normalized spacial score (nSPS) is 17.8. The molecular weight excluding hydrogens is 382 g/mol. The number of benzene rings is 1. The van der Waals surface area contributed by atoms with Gasteiger partial charge in [0.2, 0.25) is 5.91 Å². The number of aromatic nitrogens is 2. The van der Waals surface area contributed by atoms with Gasteiger partial charge >= 0.3 is 0 Å². The van der Waals surface area contributed by atoms with Crippen LogP contribution in [0, 0.1) is 20.8 Å². The molecule has 0 fully saturated rings. The SMILES string of the molecule is CC(=O)c1cc2c(cc1C)C(C)CC(C)(C)N2C(=O)CSc1nc(C)cc(C)n1. The molecule has 0 radical (unpaired) electrons. The van der Waals surface area contributed by atoms with Crippen LogP contribution in [0.2, 0.25) is 0 Å². The summed E-state index contributed by atoms with van der Waals surface area (Å²) in [7, 11) is 0. The molecule has 0 bridgehead atoms. The Morgan fingerprint density at radius 1 is 1.14 bits per heavy atom. The van der Waals surface area contributed by atoms with Gasteiger partial charge in [-0.15, -0.1) is 0 Å². The van der Waals surface area contributed by atoms with Gasteiger partial charge in [-0.1, -0.05) is 24.8 Å². The van der Waals surface area contributed by atoms with Crippen molar-refractivity contribution < 1.29 is 9.59 Å². The van der Waals surface area contributed by atoms with E-state index in [0.29, 0.717) is 16.6 Å². The van der Waals surface area contributed by atoms with Crippen LogP contribution in [0.4, 0.5) is 5.69 Å². The molecule has 0 saturated carbocycles. The Kier molecular flexibility index (Phi) is 5.86. The van der Waals surface area contributed by atoms with Gasteiger partial charge in [0.05, 0.1) is 5.75 Å². The Hall–Kier alpha value is -2.21. The highest BCUT2D eigenvalue weighted by atomic mass is 32.2. The summed E-state index contributed by atoms with van der Waals surface area (Å²) in [6.07, 6.45) is 0.870. The van der Waals surface area contributed by atoms with E-state index < -0.39 is 0 Å². The summed E-state index contributed by atoms with van der Waals surface area (Å²) < 4.78 is 0. The number of amides is 1. The minimum Gasteiger partial charge on any atom is -0.306 e. The van der Waals surface area contributed by atoms with Crippen molar-refractivity contribution in [3.63, 3.8) is 0 Å². The second-order valence-electron chi connectivity index (χ2n) is 8.65. The number of aryl methyl sites for hydroxylation is 3. The van der Waals surface area contributed by atoms with Crippen molar-refractivity contribution in [2.75, 3.05) is 10.7 Å². The largest absolute Gasteiger partial charge is 0.306 e. The van der Waals surface area contributed by atoms with Gasteiger partial charge in [-0.05, 0) is 77.1 Å². The van der Waals surface area contributed by atoms with Crippen LogP contribution in [0.5, 0.6) is 0 Å². The molecule has 29 heavy (non-hydrogen) atoms. The molecule has 3 rings (SSSR count). The Balaban J connectivity index is 1.96. The second-order valence-corrected chi connectivity index (χ2v) is 9.59. The van der Waals surface area contributed by atoms with E-state index in [2.05, 4.69) is 36.8 Å². The van der Waals surface area contributed by atoms with E-state index in [9.17, 15) is 9.59 Å². The van der Waals surface area contributed by atoms with E-state index in [1.54, 1.807) is 6.92 Å². The predicted molar refractivity (Wildman–Crippen MR) is 118 cm³/mol. The molecule has 2 aromatic rings. The summed E-state index contributed by atoms with van der Waals surface area (Å²) in [5.74, 6) is 0.601. The lowest BCUT2D eigenvalue weighted by molar-refractivity contribution is -0.117. The fourth-order valence-corrected chi connectivity index (χ4v) is 5.18. The molecule has 0 aliphatic carbocycles. The number of fused-ring (bicyclic) bond motifs is 1. The number of anilines is 1. The number of nitrogens with zero attached hydrogens (tertiary/aromatic N) is 3. The van der Waals surface area contributed by atoms with Gasteiger partial charge in [-0.3, -0.25) is 9.59 Å². The van der Waals surface area contributed by atoms with Crippen LogP contribution < -0.4 is 4.90 Å². The number of carbonyl (C=O) groups excluding carboxylic acids is 2. The molecule has 6 heteroatoms. The summed E-state index contributed by atoms with van der Waals surface area (Å²) in [5, 5.41) is 0.618. The molecule has 1 aromatic heterocycles. The minimum atomic E-state index is -0.337. The van der Waals surface area contributed by atoms with E-state index in [-0.39, 0.29) is 23.0 Å². The predicted octanol–water partition coefficient (Wildman–Crippen LogP) is 5.02. The fourth-order valence-electron chi connectivity index (χ4n) is 4.38. The molecule has 2 heterocycles. The molecule has 1 aromatic carbocycles. The third-order valence-electron chi connectivity index (χ3n) is 5.47. The molecule has 154 valence electrons. The molecule has 1 unspecified atom stereocenters. The van der Waals surface area contributed by atoms with Gasteiger partial charge in [0.15, 0.2) is 10.9 Å². The number of thioether (sulfide) groups is 1. The highest BCUT2D eigenvalue weighted by molar-refractivity contribution is 7.99. The van der Waals surface area contributed by atoms with Crippen LogP contribution in [-0.4, -0.2) is 33.0 Å². The zero-order chi connectivity index (χ0) is 21.5. The van der Waals surface area contributed by atoms with Crippen molar-refractivity contribution >= 4 is 29.1 Å². The van der Waals surface area contributed by atoms with Crippen molar-refractivity contribution in [1.29, 1.82) is 0 Å². The third-order valence-corrected chi connectivity index (χ3v) is 6.30. The molecule has 0 spiro atoms. The average Bonchev–Trinajstić information content (AvgIpc) is 2.58. The zero-order valence-electron chi connectivity index (χ0n) is 18.3. The summed E-state index contributed by atoms with van der Waals surface area (Å²) >= 11 is 1.36. The summed E-state index contributed by atoms with van der Waals surface area (Å²) in [6.45, 7) is 13.8. The first-order valence-electron chi connectivity index (χ1n) is 9.93. The van der Waals surface area contributed by atoms with Crippen LogP contribution in [0.25, 0.3) is 0 Å². The quantitative estimate of drug-likeness (QED) is 0.402. The van der Waals surface area contributed by atoms with Crippen LogP contribution in [0.15, 0.2) is 23.4 Å². The van der Waals surface area contributed by atoms with Crippen LogP contribution in [0.3, 0.4) is 0 Å². The van der Waals surface area contributed by atoms with Gasteiger partial charge in [0.25, 0.3) is 0 Å². The highest BCUT2D eigenvalue weighted by Gasteiger charge is 2.40. The molecule has 1 amide bonds. The van der Waals surface area contributed by atoms with Gasteiger partial charge in [0.1, 0.15) is 0 Å². The number of carbonyl (C=O) groups is 2. The van der Waals surface area contributed by atoms with E-state index in [0.717, 1.165) is 34.6 Å². The molecule has 5 nitrogen and oxygen atoms in total. The number of hydrogen-bond acceptors (Lipinski definition) is 5. The summed E-state index contributed by atoms with van der Waals surface area (Å²) in [5.41, 5.74) is 5.09. The topological polar surface area (TPSA) is 63.2 Å². The minimum absolute atomic E-state index is 0.00858. The van der Waals surface area contributed by atoms with Gasteiger partial charge in [-0.25, -0.2) is 9.97 Å². The van der Waals surface area contributed by atoms with Crippen molar-refractivity contribution in [2.45, 2.75) is 71.5 Å². The third kappa shape index (κ3) is 4.37. The molecule has 1 aliphatic heterocycles. The first-order valence-corrected chi connectivity index (χ1v) is 10.9. The van der Waals surface area contributed by atoms with Crippen LogP contribution >= 0.6 is 11.8 Å². The monoisotopic (exact) mass is 411 g/mol. The molecular formula is C23H29N3O2S. The number of hydrogen-bond donors (Lipinski definition) is 0. The zero-order valence-corrected chi connectivity index (χ0v) is 19.1. The van der Waals surface area contributed by atoms with Crippen molar-refractivity contribution in [3.8, 4) is 0 Å². The van der Waals surface area contributed by atoms with Crippen molar-refractivity contribution in [3.05, 3.63) is 46.3 Å². The first-order chi connectivity index (χ1) is 13.5.